The zero-order chi connectivity index (χ0) is 20.2. The van der Waals surface area contributed by atoms with Crippen molar-refractivity contribution in [2.45, 2.75) is 31.3 Å². The van der Waals surface area contributed by atoms with E-state index in [2.05, 4.69) is 17.1 Å². The van der Waals surface area contributed by atoms with Crippen molar-refractivity contribution in [3.63, 3.8) is 0 Å². The summed E-state index contributed by atoms with van der Waals surface area (Å²) in [6.07, 6.45) is 5.59. The number of carbonyl (C=O) groups is 1. The molecule has 5 heteroatoms. The molecule has 3 atom stereocenters. The lowest BCUT2D eigenvalue weighted by Gasteiger charge is -2.18. The summed E-state index contributed by atoms with van der Waals surface area (Å²) in [5.41, 5.74) is 2.30. The fraction of sp³-hybridized carbons (Fsp3) is 0.333. The second-order valence-corrected chi connectivity index (χ2v) is 7.54. The van der Waals surface area contributed by atoms with Crippen molar-refractivity contribution in [3.05, 3.63) is 83.9 Å². The van der Waals surface area contributed by atoms with Crippen LogP contribution in [0.1, 0.15) is 41.8 Å². The Morgan fingerprint density at radius 2 is 1.93 bits per heavy atom. The predicted molar refractivity (Wildman–Crippen MR) is 111 cm³/mol. The lowest BCUT2D eigenvalue weighted by molar-refractivity contribution is -0.152. The Labute approximate surface area is 171 Å². The van der Waals surface area contributed by atoms with Crippen LogP contribution < -0.4 is 4.74 Å². The summed E-state index contributed by atoms with van der Waals surface area (Å²) >= 11 is 0. The highest BCUT2D eigenvalue weighted by atomic mass is 16.5. The maximum atomic E-state index is 12.9. The lowest BCUT2D eigenvalue weighted by Crippen LogP contribution is -2.17. The standard InChI is InChI=1S/C24H26N2O3/c1-26-15-14-25-23(26)22(13-12-17-8-4-3-5-9-17)29-24(27)20-16-19(20)18-10-6-7-11-21(18)28-2/h3-11,14-15,19-20,22H,12-13,16H2,1-2H3/t19-,20-,22+/m0/s1. The van der Waals surface area contributed by atoms with Crippen LogP contribution in [0.2, 0.25) is 0 Å². The molecule has 0 unspecified atom stereocenters. The smallest absolute Gasteiger partial charge is 0.310 e. The van der Waals surface area contributed by atoms with E-state index in [-0.39, 0.29) is 23.9 Å². The number of ether oxygens (including phenoxy) is 2. The predicted octanol–water partition coefficient (Wildman–Crippen LogP) is 4.45. The van der Waals surface area contributed by atoms with E-state index in [0.717, 1.165) is 30.0 Å². The van der Waals surface area contributed by atoms with Gasteiger partial charge in [-0.1, -0.05) is 48.5 Å². The number of benzene rings is 2. The normalized spacial score (nSPS) is 18.8. The first-order valence-corrected chi connectivity index (χ1v) is 10.0. The second kappa shape index (κ2) is 8.52. The molecule has 0 saturated heterocycles. The van der Waals surface area contributed by atoms with Crippen LogP contribution in [0.4, 0.5) is 0 Å². The van der Waals surface area contributed by atoms with Crippen LogP contribution in [0.3, 0.4) is 0 Å². The van der Waals surface area contributed by atoms with E-state index in [1.54, 1.807) is 13.3 Å². The number of nitrogens with zero attached hydrogens (tertiary/aromatic N) is 2. The fourth-order valence-corrected chi connectivity index (χ4v) is 3.87. The average molecular weight is 390 g/mol. The molecule has 3 aromatic rings. The van der Waals surface area contributed by atoms with Gasteiger partial charge >= 0.3 is 5.97 Å². The minimum atomic E-state index is -0.360. The van der Waals surface area contributed by atoms with Gasteiger partial charge in [0.25, 0.3) is 0 Å². The molecule has 1 aliphatic rings. The molecule has 4 rings (SSSR count). The summed E-state index contributed by atoms with van der Waals surface area (Å²) in [6.45, 7) is 0. The highest BCUT2D eigenvalue weighted by Gasteiger charge is 2.47. The van der Waals surface area contributed by atoms with Gasteiger partial charge in [-0.25, -0.2) is 4.98 Å². The SMILES string of the molecule is COc1ccccc1[C@@H]1C[C@@H]1C(=O)O[C@H](CCc1ccccc1)c1nccn1C. The van der Waals surface area contributed by atoms with Crippen LogP contribution in [-0.2, 0) is 23.0 Å². The van der Waals surface area contributed by atoms with E-state index in [9.17, 15) is 4.79 Å². The molecular formula is C24H26N2O3. The number of aromatic nitrogens is 2. The molecule has 1 saturated carbocycles. The maximum Gasteiger partial charge on any atom is 0.310 e. The highest BCUT2D eigenvalue weighted by Crippen LogP contribution is 2.51. The molecule has 0 N–H and O–H groups in total. The van der Waals surface area contributed by atoms with Crippen LogP contribution in [0.15, 0.2) is 67.0 Å². The first kappa shape index (κ1) is 19.2. The molecule has 0 spiro atoms. The van der Waals surface area contributed by atoms with E-state index >= 15 is 0 Å². The summed E-state index contributed by atoms with van der Waals surface area (Å²) in [6, 6.07) is 18.1. The molecule has 1 fully saturated rings. The zero-order valence-electron chi connectivity index (χ0n) is 16.8. The second-order valence-electron chi connectivity index (χ2n) is 7.54. The number of rotatable bonds is 8. The van der Waals surface area contributed by atoms with Gasteiger partial charge < -0.3 is 14.0 Å². The van der Waals surface area contributed by atoms with Gasteiger partial charge in [0.1, 0.15) is 11.6 Å². The van der Waals surface area contributed by atoms with Crippen molar-refractivity contribution in [3.8, 4) is 5.75 Å². The van der Waals surface area contributed by atoms with Crippen LogP contribution in [0, 0.1) is 5.92 Å². The summed E-state index contributed by atoms with van der Waals surface area (Å²) in [5.74, 6) is 1.50. The highest BCUT2D eigenvalue weighted by molar-refractivity contribution is 5.78. The number of imidazole rings is 1. The van der Waals surface area contributed by atoms with Crippen molar-refractivity contribution in [1.82, 2.24) is 9.55 Å². The van der Waals surface area contributed by atoms with Crippen LogP contribution >= 0.6 is 0 Å². The first-order valence-electron chi connectivity index (χ1n) is 10.0. The van der Waals surface area contributed by atoms with E-state index in [4.69, 9.17) is 9.47 Å². The summed E-state index contributed by atoms with van der Waals surface area (Å²) in [7, 11) is 3.59. The van der Waals surface area contributed by atoms with Crippen molar-refractivity contribution in [2.75, 3.05) is 7.11 Å². The van der Waals surface area contributed by atoms with E-state index in [1.165, 1.54) is 5.56 Å². The van der Waals surface area contributed by atoms with Gasteiger partial charge in [-0.2, -0.15) is 0 Å². The number of hydrogen-bond acceptors (Lipinski definition) is 4. The third-order valence-electron chi connectivity index (χ3n) is 5.57. The minimum Gasteiger partial charge on any atom is -0.496 e. The molecule has 1 aliphatic carbocycles. The van der Waals surface area contributed by atoms with Crippen LogP contribution in [0.25, 0.3) is 0 Å². The van der Waals surface area contributed by atoms with E-state index in [0.29, 0.717) is 6.42 Å². The number of aryl methyl sites for hydroxylation is 2. The molecule has 0 aliphatic heterocycles. The van der Waals surface area contributed by atoms with Crippen LogP contribution in [-0.4, -0.2) is 22.6 Å². The van der Waals surface area contributed by atoms with E-state index in [1.807, 2.05) is 60.3 Å². The number of carbonyl (C=O) groups excluding carboxylic acids is 1. The quantitative estimate of drug-likeness (QED) is 0.533. The van der Waals surface area contributed by atoms with Gasteiger partial charge in [0.2, 0.25) is 0 Å². The topological polar surface area (TPSA) is 53.4 Å². The third-order valence-corrected chi connectivity index (χ3v) is 5.57. The molecule has 5 nitrogen and oxygen atoms in total. The molecule has 0 bridgehead atoms. The first-order chi connectivity index (χ1) is 14.2. The molecular weight excluding hydrogens is 364 g/mol. The molecule has 2 aromatic carbocycles. The monoisotopic (exact) mass is 390 g/mol. The van der Waals surface area contributed by atoms with Crippen molar-refractivity contribution >= 4 is 5.97 Å². The Morgan fingerprint density at radius 1 is 1.17 bits per heavy atom. The van der Waals surface area contributed by atoms with Gasteiger partial charge in [0.15, 0.2) is 6.10 Å². The summed E-state index contributed by atoms with van der Waals surface area (Å²) in [5, 5.41) is 0. The minimum absolute atomic E-state index is 0.120. The lowest BCUT2D eigenvalue weighted by atomic mass is 10.1. The Balaban J connectivity index is 1.45. The van der Waals surface area contributed by atoms with Crippen molar-refractivity contribution in [2.24, 2.45) is 13.0 Å². The summed E-state index contributed by atoms with van der Waals surface area (Å²) < 4.78 is 13.4. The van der Waals surface area contributed by atoms with Gasteiger partial charge in [0.05, 0.1) is 13.0 Å². The van der Waals surface area contributed by atoms with E-state index < -0.39 is 0 Å². The molecule has 150 valence electrons. The maximum absolute atomic E-state index is 12.9. The Bertz CT molecular complexity index is 967. The van der Waals surface area contributed by atoms with Crippen LogP contribution in [0.5, 0.6) is 5.75 Å². The van der Waals surface area contributed by atoms with Crippen molar-refractivity contribution < 1.29 is 14.3 Å². The largest absolute Gasteiger partial charge is 0.496 e. The van der Waals surface area contributed by atoms with Crippen molar-refractivity contribution in [1.29, 1.82) is 0 Å². The number of methoxy groups -OCH3 is 1. The molecule has 1 aromatic heterocycles. The van der Waals surface area contributed by atoms with Gasteiger partial charge in [0, 0.05) is 25.4 Å². The number of hydrogen-bond donors (Lipinski definition) is 0. The summed E-state index contributed by atoms with van der Waals surface area (Å²) in [4.78, 5) is 17.3. The van der Waals surface area contributed by atoms with Gasteiger partial charge in [-0.3, -0.25) is 4.79 Å². The third kappa shape index (κ3) is 4.34. The molecule has 0 radical (unpaired) electrons. The van der Waals surface area contributed by atoms with Gasteiger partial charge in [-0.05, 0) is 36.5 Å². The Morgan fingerprint density at radius 3 is 2.66 bits per heavy atom. The fourth-order valence-electron chi connectivity index (χ4n) is 3.87. The Kier molecular flexibility index (Phi) is 5.65. The molecule has 29 heavy (non-hydrogen) atoms. The number of para-hydroxylation sites is 1. The molecule has 0 amide bonds. The molecule has 1 heterocycles. The average Bonchev–Trinajstić information content (AvgIpc) is 3.45. The van der Waals surface area contributed by atoms with Gasteiger partial charge in [-0.15, -0.1) is 0 Å². The zero-order valence-corrected chi connectivity index (χ0v) is 16.8. The Hall–Kier alpha value is -3.08. The number of esters is 1.